The van der Waals surface area contributed by atoms with Crippen molar-refractivity contribution in [3.05, 3.63) is 12.2 Å². The minimum absolute atomic E-state index is 0.000972. The fourth-order valence-electron chi connectivity index (χ4n) is 4.43. The Morgan fingerprint density at radius 2 is 1.95 bits per heavy atom. The largest absolute Gasteiger partial charge is 0.461 e. The van der Waals surface area contributed by atoms with E-state index in [0.29, 0.717) is 18.8 Å². The number of carbonyl (C=O) groups excluding carboxylic acids is 1. The molecule has 19 heavy (non-hydrogen) atoms. The van der Waals surface area contributed by atoms with Crippen molar-refractivity contribution in [3.8, 4) is 0 Å². The summed E-state index contributed by atoms with van der Waals surface area (Å²) in [6.45, 7) is 7.95. The maximum atomic E-state index is 11.8. The predicted molar refractivity (Wildman–Crippen MR) is 69.1 cm³/mol. The highest BCUT2D eigenvalue weighted by atomic mass is 16.6. The van der Waals surface area contributed by atoms with Gasteiger partial charge in [-0.15, -0.1) is 0 Å². The average Bonchev–Trinajstić information content (AvgIpc) is 2.75. The lowest BCUT2D eigenvalue weighted by Gasteiger charge is -2.28. The highest BCUT2D eigenvalue weighted by Crippen LogP contribution is 2.52. The molecule has 106 valence electrons. The first-order valence-corrected chi connectivity index (χ1v) is 7.17. The molecule has 0 radical (unpaired) electrons. The van der Waals surface area contributed by atoms with E-state index in [4.69, 9.17) is 4.74 Å². The normalized spacial score (nSPS) is 53.5. The van der Waals surface area contributed by atoms with Crippen LogP contribution in [0.15, 0.2) is 12.2 Å². The summed E-state index contributed by atoms with van der Waals surface area (Å²) in [5.74, 6) is -0.0864. The number of fused-ring (bicyclic) bond motifs is 3. The van der Waals surface area contributed by atoms with Gasteiger partial charge in [0, 0.05) is 11.8 Å². The zero-order valence-electron chi connectivity index (χ0n) is 11.5. The smallest absolute Gasteiger partial charge is 0.309 e. The van der Waals surface area contributed by atoms with Crippen LogP contribution in [0.5, 0.6) is 0 Å². The van der Waals surface area contributed by atoms with Crippen LogP contribution in [0.25, 0.3) is 0 Å². The van der Waals surface area contributed by atoms with E-state index in [0.717, 1.165) is 5.57 Å². The Balaban J connectivity index is 2.00. The molecule has 3 rings (SSSR count). The third kappa shape index (κ3) is 1.77. The van der Waals surface area contributed by atoms with Crippen LogP contribution in [-0.2, 0) is 9.53 Å². The highest BCUT2D eigenvalue weighted by molar-refractivity contribution is 5.75. The van der Waals surface area contributed by atoms with Gasteiger partial charge in [-0.25, -0.2) is 0 Å². The zero-order chi connectivity index (χ0) is 13.9. The number of ether oxygens (including phenoxy) is 1. The quantitative estimate of drug-likeness (QED) is 0.509. The third-order valence-corrected chi connectivity index (χ3v) is 5.54. The average molecular weight is 266 g/mol. The second-order valence-corrected chi connectivity index (χ2v) is 6.56. The van der Waals surface area contributed by atoms with Crippen molar-refractivity contribution in [2.45, 2.75) is 45.0 Å². The maximum absolute atomic E-state index is 11.8. The number of hydrogen-bond donors (Lipinski definition) is 2. The molecule has 1 aliphatic heterocycles. The lowest BCUT2D eigenvalue weighted by molar-refractivity contribution is -0.145. The molecular formula is C15H22O4. The van der Waals surface area contributed by atoms with Crippen molar-refractivity contribution in [1.29, 1.82) is 0 Å². The number of hydrogen-bond acceptors (Lipinski definition) is 4. The molecule has 0 spiro atoms. The number of aliphatic hydroxyl groups is 2. The molecule has 4 nitrogen and oxygen atoms in total. The molecule has 0 amide bonds. The number of esters is 1. The van der Waals surface area contributed by atoms with Crippen molar-refractivity contribution in [1.82, 2.24) is 0 Å². The van der Waals surface area contributed by atoms with Gasteiger partial charge in [0.15, 0.2) is 0 Å². The Kier molecular flexibility index (Phi) is 2.98. The first-order chi connectivity index (χ1) is 8.91. The van der Waals surface area contributed by atoms with E-state index in [9.17, 15) is 15.0 Å². The minimum Gasteiger partial charge on any atom is -0.461 e. The summed E-state index contributed by atoms with van der Waals surface area (Å²) in [6, 6.07) is 0. The molecular weight excluding hydrogens is 244 g/mol. The molecule has 3 aliphatic rings. The van der Waals surface area contributed by atoms with E-state index >= 15 is 0 Å². The van der Waals surface area contributed by atoms with Gasteiger partial charge in [0.05, 0.1) is 18.1 Å². The molecule has 4 heteroatoms. The summed E-state index contributed by atoms with van der Waals surface area (Å²) in [5, 5.41) is 20.5. The molecule has 1 saturated heterocycles. The van der Waals surface area contributed by atoms with Crippen LogP contribution in [0.1, 0.15) is 26.7 Å². The van der Waals surface area contributed by atoms with Gasteiger partial charge in [-0.1, -0.05) is 20.4 Å². The summed E-state index contributed by atoms with van der Waals surface area (Å²) in [7, 11) is 0. The van der Waals surface area contributed by atoms with Crippen LogP contribution in [0.2, 0.25) is 0 Å². The molecule has 8 unspecified atom stereocenters. The maximum Gasteiger partial charge on any atom is 0.309 e. The molecule has 2 saturated carbocycles. The number of carbonyl (C=O) groups is 1. The SMILES string of the molecule is C=C1C(O)CC2C(C)CC(O)C3C(C)C(=O)OC3C12. The van der Waals surface area contributed by atoms with Gasteiger partial charge >= 0.3 is 5.97 Å². The van der Waals surface area contributed by atoms with Crippen molar-refractivity contribution in [2.75, 3.05) is 0 Å². The molecule has 0 aromatic rings. The van der Waals surface area contributed by atoms with E-state index in [1.54, 1.807) is 0 Å². The number of rotatable bonds is 0. The lowest BCUT2D eigenvalue weighted by atomic mass is 9.79. The van der Waals surface area contributed by atoms with Gasteiger partial charge in [-0.3, -0.25) is 4.79 Å². The van der Waals surface area contributed by atoms with E-state index < -0.39 is 12.2 Å². The Hall–Kier alpha value is -0.870. The van der Waals surface area contributed by atoms with Crippen LogP contribution >= 0.6 is 0 Å². The first-order valence-electron chi connectivity index (χ1n) is 7.17. The summed E-state index contributed by atoms with van der Waals surface area (Å²) in [4.78, 5) is 11.8. The summed E-state index contributed by atoms with van der Waals surface area (Å²) >= 11 is 0. The summed E-state index contributed by atoms with van der Waals surface area (Å²) < 4.78 is 5.54. The van der Waals surface area contributed by atoms with Gasteiger partial charge in [0.2, 0.25) is 0 Å². The van der Waals surface area contributed by atoms with Gasteiger partial charge in [0.25, 0.3) is 0 Å². The molecule has 2 N–H and O–H groups in total. The number of aliphatic hydroxyl groups excluding tert-OH is 2. The molecule has 1 heterocycles. The van der Waals surface area contributed by atoms with E-state index in [1.807, 2.05) is 6.92 Å². The standard InChI is InChI=1S/C15H22O4/c1-6-4-11(17)13-8(3)15(18)19-14(13)12-7(2)10(16)5-9(6)12/h6,8-14,16-17H,2,4-5H2,1,3H3. The lowest BCUT2D eigenvalue weighted by Crippen LogP contribution is -2.35. The predicted octanol–water partition coefficient (Wildman–Crippen LogP) is 1.12. The first kappa shape index (κ1) is 13.1. The molecule has 0 aromatic heterocycles. The summed E-state index contributed by atoms with van der Waals surface area (Å²) in [5.41, 5.74) is 0.780. The molecule has 3 fully saturated rings. The summed E-state index contributed by atoms with van der Waals surface area (Å²) in [6.07, 6.45) is 0.0348. The van der Waals surface area contributed by atoms with Crippen LogP contribution in [0.4, 0.5) is 0 Å². The molecule has 0 aromatic carbocycles. The van der Waals surface area contributed by atoms with E-state index in [1.165, 1.54) is 0 Å². The monoisotopic (exact) mass is 266 g/mol. The Morgan fingerprint density at radius 1 is 1.26 bits per heavy atom. The Bertz CT molecular complexity index is 418. The third-order valence-electron chi connectivity index (χ3n) is 5.54. The Labute approximate surface area is 113 Å². The van der Waals surface area contributed by atoms with Crippen molar-refractivity contribution < 1.29 is 19.7 Å². The highest BCUT2D eigenvalue weighted by Gasteiger charge is 2.57. The van der Waals surface area contributed by atoms with Crippen LogP contribution in [-0.4, -0.2) is 34.5 Å². The Morgan fingerprint density at radius 3 is 2.63 bits per heavy atom. The van der Waals surface area contributed by atoms with E-state index in [-0.39, 0.29) is 35.7 Å². The van der Waals surface area contributed by atoms with Crippen LogP contribution in [0, 0.1) is 29.6 Å². The molecule has 2 aliphatic carbocycles. The van der Waals surface area contributed by atoms with Crippen molar-refractivity contribution in [2.24, 2.45) is 29.6 Å². The van der Waals surface area contributed by atoms with Crippen molar-refractivity contribution >= 4 is 5.97 Å². The van der Waals surface area contributed by atoms with Crippen molar-refractivity contribution in [3.63, 3.8) is 0 Å². The van der Waals surface area contributed by atoms with Gasteiger partial charge in [-0.05, 0) is 30.3 Å². The zero-order valence-corrected chi connectivity index (χ0v) is 11.5. The van der Waals surface area contributed by atoms with Gasteiger partial charge < -0.3 is 14.9 Å². The molecule has 8 atom stereocenters. The fourth-order valence-corrected chi connectivity index (χ4v) is 4.43. The fraction of sp³-hybridized carbons (Fsp3) is 0.800. The minimum atomic E-state index is -0.503. The van der Waals surface area contributed by atoms with E-state index in [2.05, 4.69) is 13.5 Å². The van der Waals surface area contributed by atoms with Gasteiger partial charge in [-0.2, -0.15) is 0 Å². The second kappa shape index (κ2) is 4.32. The molecule has 0 bridgehead atoms. The van der Waals surface area contributed by atoms with Crippen LogP contribution in [0.3, 0.4) is 0 Å². The topological polar surface area (TPSA) is 66.8 Å². The van der Waals surface area contributed by atoms with Crippen LogP contribution < -0.4 is 0 Å². The van der Waals surface area contributed by atoms with Gasteiger partial charge in [0.1, 0.15) is 6.10 Å². The second-order valence-electron chi connectivity index (χ2n) is 6.56.